The van der Waals surface area contributed by atoms with Crippen molar-refractivity contribution in [1.82, 2.24) is 9.97 Å². The molecule has 0 atom stereocenters. The number of ether oxygens (including phenoxy) is 1. The van der Waals surface area contributed by atoms with E-state index in [1.165, 1.54) is 12.4 Å². The van der Waals surface area contributed by atoms with Crippen LogP contribution in [0.1, 0.15) is 0 Å². The van der Waals surface area contributed by atoms with Crippen LogP contribution in [0, 0.1) is 0 Å². The van der Waals surface area contributed by atoms with Gasteiger partial charge in [0.15, 0.2) is 0 Å². The maximum absolute atomic E-state index is 11.2. The molecule has 0 spiro atoms. The zero-order valence-corrected chi connectivity index (χ0v) is 10.8. The van der Waals surface area contributed by atoms with Gasteiger partial charge in [-0.2, -0.15) is 0 Å². The smallest absolute Gasteiger partial charge is 0.246 e. The maximum Gasteiger partial charge on any atom is 0.246 e. The summed E-state index contributed by atoms with van der Waals surface area (Å²) < 4.78 is 27.5. The molecule has 0 radical (unpaired) electrons. The van der Waals surface area contributed by atoms with Gasteiger partial charge in [0.2, 0.25) is 15.0 Å². The van der Waals surface area contributed by atoms with Crippen LogP contribution in [-0.4, -0.2) is 31.8 Å². The Kier molecular flexibility index (Phi) is 3.29. The summed E-state index contributed by atoms with van der Waals surface area (Å²) in [7, 11) is -1.76. The number of hydrogen-bond acceptors (Lipinski definition) is 5. The lowest BCUT2D eigenvalue weighted by molar-refractivity contribution is 0.415. The molecule has 5 nitrogen and oxygen atoms in total. The lowest BCUT2D eigenvalue weighted by atomic mass is 10.1. The van der Waals surface area contributed by atoms with Gasteiger partial charge in [0.25, 0.3) is 0 Å². The van der Waals surface area contributed by atoms with E-state index in [0.29, 0.717) is 0 Å². The summed E-state index contributed by atoms with van der Waals surface area (Å²) in [5.41, 5.74) is 1.65. The summed E-state index contributed by atoms with van der Waals surface area (Å²) in [6.07, 6.45) is 4.06. The van der Waals surface area contributed by atoms with Crippen molar-refractivity contribution < 1.29 is 13.2 Å². The number of methoxy groups -OCH3 is 1. The Labute approximate surface area is 105 Å². The third kappa shape index (κ3) is 2.65. The van der Waals surface area contributed by atoms with E-state index < -0.39 is 9.84 Å². The summed E-state index contributed by atoms with van der Waals surface area (Å²) in [6, 6.07) is 7.36. The van der Waals surface area contributed by atoms with Crippen molar-refractivity contribution in [3.8, 4) is 16.9 Å². The molecule has 1 aromatic carbocycles. The number of nitrogens with zero attached hydrogens (tertiary/aromatic N) is 2. The normalized spacial score (nSPS) is 11.2. The van der Waals surface area contributed by atoms with Crippen LogP contribution in [-0.2, 0) is 9.84 Å². The first kappa shape index (κ1) is 12.5. The molecule has 0 bridgehead atoms. The fraction of sp³-hybridized carbons (Fsp3) is 0.167. The van der Waals surface area contributed by atoms with Gasteiger partial charge in [0.05, 0.1) is 7.11 Å². The minimum absolute atomic E-state index is 0.167. The second kappa shape index (κ2) is 4.73. The van der Waals surface area contributed by atoms with Gasteiger partial charge in [0, 0.05) is 24.2 Å². The Morgan fingerprint density at radius 1 is 1.00 bits per heavy atom. The van der Waals surface area contributed by atoms with Gasteiger partial charge < -0.3 is 4.74 Å². The number of benzene rings is 1. The van der Waals surface area contributed by atoms with E-state index in [1.807, 2.05) is 24.3 Å². The van der Waals surface area contributed by atoms with Crippen LogP contribution >= 0.6 is 0 Å². The largest absolute Gasteiger partial charge is 0.497 e. The van der Waals surface area contributed by atoms with E-state index >= 15 is 0 Å². The molecule has 0 aliphatic heterocycles. The van der Waals surface area contributed by atoms with E-state index in [0.717, 1.165) is 23.1 Å². The molecule has 1 heterocycles. The number of sulfone groups is 1. The zero-order valence-electron chi connectivity index (χ0n) is 9.99. The molecule has 6 heteroatoms. The van der Waals surface area contributed by atoms with E-state index in [4.69, 9.17) is 4.74 Å². The van der Waals surface area contributed by atoms with Gasteiger partial charge in [-0.05, 0) is 17.7 Å². The topological polar surface area (TPSA) is 69.2 Å². The molecular formula is C12H12N2O3S. The Hall–Kier alpha value is -1.95. The number of rotatable bonds is 3. The highest BCUT2D eigenvalue weighted by molar-refractivity contribution is 7.90. The van der Waals surface area contributed by atoms with Gasteiger partial charge in [-0.3, -0.25) is 0 Å². The average Bonchev–Trinajstić information content (AvgIpc) is 2.38. The minimum Gasteiger partial charge on any atom is -0.497 e. The summed E-state index contributed by atoms with van der Waals surface area (Å²) in [6.45, 7) is 0. The summed E-state index contributed by atoms with van der Waals surface area (Å²) in [5.74, 6) is 0.757. The molecule has 94 valence electrons. The Morgan fingerprint density at radius 3 is 2.00 bits per heavy atom. The highest BCUT2D eigenvalue weighted by Crippen LogP contribution is 2.21. The lowest BCUT2D eigenvalue weighted by Crippen LogP contribution is -2.03. The molecule has 0 saturated heterocycles. The van der Waals surface area contributed by atoms with E-state index in [-0.39, 0.29) is 5.16 Å². The highest BCUT2D eigenvalue weighted by atomic mass is 32.2. The van der Waals surface area contributed by atoms with Crippen molar-refractivity contribution >= 4 is 9.84 Å². The molecule has 0 aliphatic carbocycles. The number of aromatic nitrogens is 2. The molecule has 0 aliphatic rings. The molecule has 0 N–H and O–H groups in total. The summed E-state index contributed by atoms with van der Waals surface area (Å²) in [4.78, 5) is 7.68. The Balaban J connectivity index is 2.34. The molecule has 1 aromatic heterocycles. The second-order valence-corrected chi connectivity index (χ2v) is 5.66. The first-order chi connectivity index (χ1) is 8.50. The number of hydrogen-bond donors (Lipinski definition) is 0. The predicted molar refractivity (Wildman–Crippen MR) is 67.1 cm³/mol. The van der Waals surface area contributed by atoms with Gasteiger partial charge in [-0.25, -0.2) is 18.4 Å². The van der Waals surface area contributed by atoms with Gasteiger partial charge in [-0.15, -0.1) is 0 Å². The Bertz CT molecular complexity index is 634. The molecular weight excluding hydrogens is 252 g/mol. The average molecular weight is 264 g/mol. The zero-order chi connectivity index (χ0) is 13.2. The lowest BCUT2D eigenvalue weighted by Gasteiger charge is -2.03. The summed E-state index contributed by atoms with van der Waals surface area (Å²) in [5, 5.41) is -0.167. The summed E-state index contributed by atoms with van der Waals surface area (Å²) >= 11 is 0. The Morgan fingerprint density at radius 2 is 1.56 bits per heavy atom. The van der Waals surface area contributed by atoms with Crippen LogP contribution in [0.5, 0.6) is 5.75 Å². The van der Waals surface area contributed by atoms with Crippen LogP contribution in [0.25, 0.3) is 11.1 Å². The fourth-order valence-electron chi connectivity index (χ4n) is 1.44. The standard InChI is InChI=1S/C12H12N2O3S/c1-17-11-5-3-9(4-6-11)10-7-13-12(14-8-10)18(2,15)16/h3-8H,1-2H3. The van der Waals surface area contributed by atoms with Crippen molar-refractivity contribution in [2.75, 3.05) is 13.4 Å². The van der Waals surface area contributed by atoms with Crippen LogP contribution in [0.15, 0.2) is 41.8 Å². The molecule has 0 amide bonds. The van der Waals surface area contributed by atoms with Crippen molar-refractivity contribution in [2.24, 2.45) is 0 Å². The third-order valence-corrected chi connectivity index (χ3v) is 3.26. The van der Waals surface area contributed by atoms with E-state index in [9.17, 15) is 8.42 Å². The molecule has 0 saturated carbocycles. The van der Waals surface area contributed by atoms with Gasteiger partial charge >= 0.3 is 0 Å². The minimum atomic E-state index is -3.35. The van der Waals surface area contributed by atoms with Gasteiger partial charge in [0.1, 0.15) is 5.75 Å². The molecule has 2 aromatic rings. The molecule has 0 fully saturated rings. The molecule has 2 rings (SSSR count). The van der Waals surface area contributed by atoms with Crippen molar-refractivity contribution in [3.05, 3.63) is 36.7 Å². The quantitative estimate of drug-likeness (QED) is 0.787. The fourth-order valence-corrected chi connectivity index (χ4v) is 1.93. The van der Waals surface area contributed by atoms with Crippen LogP contribution < -0.4 is 4.74 Å². The SMILES string of the molecule is COc1ccc(-c2cnc(S(C)(=O)=O)nc2)cc1. The van der Waals surface area contributed by atoms with Crippen LogP contribution in [0.4, 0.5) is 0 Å². The highest BCUT2D eigenvalue weighted by Gasteiger charge is 2.10. The van der Waals surface area contributed by atoms with E-state index in [2.05, 4.69) is 9.97 Å². The monoisotopic (exact) mass is 264 g/mol. The van der Waals surface area contributed by atoms with Crippen LogP contribution in [0.2, 0.25) is 0 Å². The molecule has 0 unspecified atom stereocenters. The van der Waals surface area contributed by atoms with Gasteiger partial charge in [-0.1, -0.05) is 12.1 Å². The van der Waals surface area contributed by atoms with Crippen LogP contribution in [0.3, 0.4) is 0 Å². The van der Waals surface area contributed by atoms with Crippen molar-refractivity contribution in [3.63, 3.8) is 0 Å². The second-order valence-electron chi connectivity index (χ2n) is 3.75. The predicted octanol–water partition coefficient (Wildman–Crippen LogP) is 1.56. The van der Waals surface area contributed by atoms with E-state index in [1.54, 1.807) is 7.11 Å². The molecule has 18 heavy (non-hydrogen) atoms. The van der Waals surface area contributed by atoms with Crippen molar-refractivity contribution in [2.45, 2.75) is 5.16 Å². The maximum atomic E-state index is 11.2. The first-order valence-electron chi connectivity index (χ1n) is 5.17. The van der Waals surface area contributed by atoms with Crippen molar-refractivity contribution in [1.29, 1.82) is 0 Å². The third-order valence-electron chi connectivity index (χ3n) is 2.38. The first-order valence-corrected chi connectivity index (χ1v) is 7.06.